The summed E-state index contributed by atoms with van der Waals surface area (Å²) in [5.74, 6) is 0. The van der Waals surface area contributed by atoms with Crippen molar-refractivity contribution in [3.8, 4) is 0 Å². The zero-order chi connectivity index (χ0) is 20.8. The Balaban J connectivity index is 1.38. The van der Waals surface area contributed by atoms with E-state index in [4.69, 9.17) is 11.6 Å². The lowest BCUT2D eigenvalue weighted by molar-refractivity contribution is -0.118. The Morgan fingerprint density at radius 1 is 1.13 bits per heavy atom. The number of hydrogen-bond donors (Lipinski definition) is 0. The number of aromatic nitrogens is 2. The number of halogens is 1. The van der Waals surface area contributed by atoms with Crippen molar-refractivity contribution in [2.24, 2.45) is 0 Å². The molecule has 3 heterocycles. The maximum absolute atomic E-state index is 10.9. The van der Waals surface area contributed by atoms with Crippen LogP contribution in [-0.2, 0) is 17.8 Å². The van der Waals surface area contributed by atoms with Crippen molar-refractivity contribution < 1.29 is 4.79 Å². The maximum atomic E-state index is 10.9. The van der Waals surface area contributed by atoms with E-state index in [1.54, 1.807) is 11.3 Å². The first-order valence-electron chi connectivity index (χ1n) is 10.1. The second kappa shape index (κ2) is 10.4. The van der Waals surface area contributed by atoms with Gasteiger partial charge in [-0.15, -0.1) is 23.1 Å². The van der Waals surface area contributed by atoms with Crippen LogP contribution in [0.2, 0.25) is 4.34 Å². The molecule has 3 aromatic rings. The van der Waals surface area contributed by atoms with E-state index in [0.29, 0.717) is 5.25 Å². The number of hydrogen-bond acceptors (Lipinski definition) is 5. The first-order valence-corrected chi connectivity index (χ1v) is 12.2. The monoisotopic (exact) mass is 460 g/mol. The molecule has 4 rings (SSSR count). The van der Waals surface area contributed by atoms with Crippen molar-refractivity contribution in [3.05, 3.63) is 64.3 Å². The molecule has 2 aromatic heterocycles. The number of rotatable bonds is 9. The zero-order valence-electron chi connectivity index (χ0n) is 16.7. The molecule has 5 nitrogen and oxygen atoms in total. The molecule has 1 aliphatic heterocycles. The predicted octanol–water partition coefficient (Wildman–Crippen LogP) is 4.67. The minimum absolute atomic E-state index is 0.446. The molecule has 0 radical (unpaired) electrons. The number of anilines is 1. The summed E-state index contributed by atoms with van der Waals surface area (Å²) in [6.45, 7) is 4.29. The molecule has 1 fully saturated rings. The van der Waals surface area contributed by atoms with Crippen LogP contribution in [0.15, 0.2) is 60.0 Å². The molecule has 8 heteroatoms. The molecule has 1 aliphatic rings. The fourth-order valence-electron chi connectivity index (χ4n) is 3.62. The molecule has 0 aliphatic carbocycles. The second-order valence-corrected chi connectivity index (χ2v) is 10.5. The number of nitrogens with zero attached hydrogens (tertiary/aromatic N) is 4. The summed E-state index contributed by atoms with van der Waals surface area (Å²) in [6.07, 6.45) is 8.80. The Kier molecular flexibility index (Phi) is 7.36. The number of imidazole rings is 1. The Bertz CT molecular complexity index is 921. The first-order chi connectivity index (χ1) is 14.7. The molecular formula is C22H25ClN4OS2. The van der Waals surface area contributed by atoms with Gasteiger partial charge in [-0.3, -0.25) is 4.79 Å². The quantitative estimate of drug-likeness (QED) is 0.343. The lowest BCUT2D eigenvalue weighted by atomic mass is 10.2. The van der Waals surface area contributed by atoms with E-state index < -0.39 is 0 Å². The van der Waals surface area contributed by atoms with Gasteiger partial charge in [0.05, 0.1) is 10.7 Å². The normalized spacial score (nSPS) is 15.4. The van der Waals surface area contributed by atoms with Crippen LogP contribution in [0.1, 0.15) is 11.3 Å². The van der Waals surface area contributed by atoms with E-state index in [-0.39, 0.29) is 0 Å². The third kappa shape index (κ3) is 5.80. The molecule has 0 N–H and O–H groups in total. The molecule has 0 saturated carbocycles. The van der Waals surface area contributed by atoms with Crippen LogP contribution < -0.4 is 4.90 Å². The SMILES string of the molecule is O=CN1CCN(c2ccc(SC(CCc3ccc(Cl)s3)Cn3ccnc3)cc2)CC1. The van der Waals surface area contributed by atoms with Gasteiger partial charge in [-0.1, -0.05) is 11.6 Å². The van der Waals surface area contributed by atoms with Gasteiger partial charge in [0.2, 0.25) is 6.41 Å². The fourth-order valence-corrected chi connectivity index (χ4v) is 5.88. The van der Waals surface area contributed by atoms with Gasteiger partial charge < -0.3 is 14.4 Å². The van der Waals surface area contributed by atoms with Crippen LogP contribution in [0.25, 0.3) is 0 Å². The van der Waals surface area contributed by atoms with Gasteiger partial charge in [0.1, 0.15) is 0 Å². The smallest absolute Gasteiger partial charge is 0.209 e. The Hall–Kier alpha value is -1.96. The summed E-state index contributed by atoms with van der Waals surface area (Å²) in [6, 6.07) is 12.9. The van der Waals surface area contributed by atoms with Gasteiger partial charge in [0.25, 0.3) is 0 Å². The highest BCUT2D eigenvalue weighted by Crippen LogP contribution is 2.31. The summed E-state index contributed by atoms with van der Waals surface area (Å²) in [4.78, 5) is 21.9. The highest BCUT2D eigenvalue weighted by atomic mass is 35.5. The van der Waals surface area contributed by atoms with Crippen molar-refractivity contribution >= 4 is 46.8 Å². The van der Waals surface area contributed by atoms with Crippen LogP contribution >= 0.6 is 34.7 Å². The first kappa shape index (κ1) is 21.3. The van der Waals surface area contributed by atoms with Gasteiger partial charge in [-0.25, -0.2) is 4.98 Å². The average Bonchev–Trinajstić information content (AvgIpc) is 3.44. The maximum Gasteiger partial charge on any atom is 0.209 e. The van der Waals surface area contributed by atoms with Crippen LogP contribution in [0, 0.1) is 0 Å². The number of thiophene rings is 1. The summed E-state index contributed by atoms with van der Waals surface area (Å²) in [7, 11) is 0. The Morgan fingerprint density at radius 3 is 2.57 bits per heavy atom. The van der Waals surface area contributed by atoms with Crippen molar-refractivity contribution in [1.82, 2.24) is 14.5 Å². The topological polar surface area (TPSA) is 41.4 Å². The molecule has 1 atom stereocenters. The second-order valence-electron chi connectivity index (χ2n) is 7.37. The summed E-state index contributed by atoms with van der Waals surface area (Å²) in [5.41, 5.74) is 1.23. The highest BCUT2D eigenvalue weighted by Gasteiger charge is 2.17. The summed E-state index contributed by atoms with van der Waals surface area (Å²) >= 11 is 9.68. The third-order valence-corrected chi connectivity index (χ3v) is 7.84. The number of thioether (sulfide) groups is 1. The average molecular weight is 461 g/mol. The zero-order valence-corrected chi connectivity index (χ0v) is 19.1. The molecule has 30 heavy (non-hydrogen) atoms. The van der Waals surface area contributed by atoms with Gasteiger partial charge in [0, 0.05) is 65.8 Å². The standard InChI is InChI=1S/C22H25ClN4OS2/c23-22-8-7-20(30-22)5-6-21(15-26-10-9-24-16-26)29-19-3-1-18(2-4-19)27-13-11-25(17-28)12-14-27/h1-4,7-10,16-17,21H,5-6,11-15H2. The highest BCUT2D eigenvalue weighted by molar-refractivity contribution is 8.00. The Morgan fingerprint density at radius 2 is 1.93 bits per heavy atom. The molecule has 0 bridgehead atoms. The van der Waals surface area contributed by atoms with Crippen LogP contribution in [0.4, 0.5) is 5.69 Å². The van der Waals surface area contributed by atoms with E-state index in [2.05, 4.69) is 44.8 Å². The van der Waals surface area contributed by atoms with Crippen LogP contribution in [-0.4, -0.2) is 52.3 Å². The fraction of sp³-hybridized carbons (Fsp3) is 0.364. The third-order valence-electron chi connectivity index (χ3n) is 5.28. The Labute approximate surface area is 190 Å². The minimum atomic E-state index is 0.446. The van der Waals surface area contributed by atoms with E-state index in [0.717, 1.165) is 56.3 Å². The van der Waals surface area contributed by atoms with Crippen LogP contribution in [0.3, 0.4) is 0 Å². The van der Waals surface area contributed by atoms with Crippen LogP contribution in [0.5, 0.6) is 0 Å². The van der Waals surface area contributed by atoms with E-state index >= 15 is 0 Å². The molecule has 0 spiro atoms. The van der Waals surface area contributed by atoms with Gasteiger partial charge >= 0.3 is 0 Å². The minimum Gasteiger partial charge on any atom is -0.368 e. The van der Waals surface area contributed by atoms with E-state index in [9.17, 15) is 4.79 Å². The summed E-state index contributed by atoms with van der Waals surface area (Å²) < 4.78 is 3.01. The van der Waals surface area contributed by atoms with E-state index in [1.165, 1.54) is 15.5 Å². The van der Waals surface area contributed by atoms with Crippen molar-refractivity contribution in [1.29, 1.82) is 0 Å². The van der Waals surface area contributed by atoms with Gasteiger partial charge in [0.15, 0.2) is 0 Å². The molecule has 158 valence electrons. The number of benzene rings is 1. The molecule has 1 unspecified atom stereocenters. The lowest BCUT2D eigenvalue weighted by Crippen LogP contribution is -2.45. The van der Waals surface area contributed by atoms with Crippen molar-refractivity contribution in [2.45, 2.75) is 29.5 Å². The molecule has 1 aromatic carbocycles. The molecule has 1 saturated heterocycles. The largest absolute Gasteiger partial charge is 0.368 e. The molecule has 1 amide bonds. The number of carbonyl (C=O) groups excluding carboxylic acids is 1. The lowest BCUT2D eigenvalue weighted by Gasteiger charge is -2.34. The van der Waals surface area contributed by atoms with Gasteiger partial charge in [-0.05, 0) is 49.2 Å². The number of carbonyl (C=O) groups is 1. The van der Waals surface area contributed by atoms with Crippen molar-refractivity contribution in [3.63, 3.8) is 0 Å². The number of piperazine rings is 1. The van der Waals surface area contributed by atoms with E-state index in [1.807, 2.05) is 41.4 Å². The molecular weight excluding hydrogens is 436 g/mol. The summed E-state index contributed by atoms with van der Waals surface area (Å²) in [5, 5.41) is 0.446. The predicted molar refractivity (Wildman–Crippen MR) is 126 cm³/mol. The van der Waals surface area contributed by atoms with Gasteiger partial charge in [-0.2, -0.15) is 0 Å². The van der Waals surface area contributed by atoms with Crippen molar-refractivity contribution in [2.75, 3.05) is 31.1 Å². The number of aryl methyl sites for hydroxylation is 1. The number of amides is 1.